The van der Waals surface area contributed by atoms with Crippen molar-refractivity contribution >= 4 is 5.52 Å². The third-order valence-corrected chi connectivity index (χ3v) is 3.77. The van der Waals surface area contributed by atoms with Gasteiger partial charge in [0, 0.05) is 23.5 Å². The molecule has 2 aromatic heterocycles. The minimum atomic E-state index is 0.316. The van der Waals surface area contributed by atoms with Gasteiger partial charge in [-0.05, 0) is 41.8 Å². The number of ether oxygens (including phenoxy) is 2. The molecule has 20 heavy (non-hydrogen) atoms. The van der Waals surface area contributed by atoms with Gasteiger partial charge in [0.05, 0.1) is 0 Å². The predicted octanol–water partition coefficient (Wildman–Crippen LogP) is 3.90. The standard InChI is InChI=1S/C17H15NO2/c1-2-12-3-5-15-7-14(10-18(15)9-12)13-4-6-16-17(8-13)20-11-19-16/h3-10H,2,11H2,1H3. The van der Waals surface area contributed by atoms with Gasteiger partial charge in [-0.15, -0.1) is 0 Å². The molecule has 1 aliphatic rings. The molecule has 0 fully saturated rings. The molecule has 0 amide bonds. The lowest BCUT2D eigenvalue weighted by molar-refractivity contribution is 0.174. The third kappa shape index (κ3) is 1.74. The molecule has 0 saturated heterocycles. The minimum absolute atomic E-state index is 0.316. The summed E-state index contributed by atoms with van der Waals surface area (Å²) in [5, 5.41) is 0. The normalized spacial score (nSPS) is 13.1. The first-order chi connectivity index (χ1) is 9.83. The molecule has 0 unspecified atom stereocenters. The van der Waals surface area contributed by atoms with E-state index in [1.807, 2.05) is 12.1 Å². The Balaban J connectivity index is 1.81. The molecule has 0 bridgehead atoms. The molecule has 3 nitrogen and oxygen atoms in total. The van der Waals surface area contributed by atoms with Gasteiger partial charge >= 0.3 is 0 Å². The molecule has 3 heterocycles. The van der Waals surface area contributed by atoms with Crippen LogP contribution in [0, 0.1) is 0 Å². The van der Waals surface area contributed by atoms with E-state index in [1.165, 1.54) is 16.6 Å². The van der Waals surface area contributed by atoms with Gasteiger partial charge in [0.25, 0.3) is 0 Å². The lowest BCUT2D eigenvalue weighted by Crippen LogP contribution is -1.92. The highest BCUT2D eigenvalue weighted by molar-refractivity contribution is 5.72. The Kier molecular flexibility index (Phi) is 2.46. The summed E-state index contributed by atoms with van der Waals surface area (Å²) in [6.07, 6.45) is 5.39. The van der Waals surface area contributed by atoms with Gasteiger partial charge in [-0.3, -0.25) is 0 Å². The highest BCUT2D eigenvalue weighted by Crippen LogP contribution is 2.36. The molecule has 0 aliphatic carbocycles. The SMILES string of the molecule is CCc1ccc2cc(-c3ccc4c(c3)OCO4)cn2c1. The van der Waals surface area contributed by atoms with Crippen molar-refractivity contribution in [3.05, 3.63) is 54.4 Å². The number of rotatable bonds is 2. The van der Waals surface area contributed by atoms with Crippen LogP contribution in [-0.2, 0) is 6.42 Å². The van der Waals surface area contributed by atoms with Crippen LogP contribution in [0.3, 0.4) is 0 Å². The van der Waals surface area contributed by atoms with Crippen LogP contribution in [-0.4, -0.2) is 11.2 Å². The fourth-order valence-corrected chi connectivity index (χ4v) is 2.60. The Hall–Kier alpha value is -2.42. The van der Waals surface area contributed by atoms with Crippen LogP contribution >= 0.6 is 0 Å². The molecular weight excluding hydrogens is 250 g/mol. The molecule has 1 aliphatic heterocycles. The van der Waals surface area contributed by atoms with Crippen LogP contribution < -0.4 is 9.47 Å². The van der Waals surface area contributed by atoms with Gasteiger partial charge in [-0.1, -0.05) is 19.1 Å². The van der Waals surface area contributed by atoms with Crippen molar-refractivity contribution in [1.29, 1.82) is 0 Å². The Morgan fingerprint density at radius 1 is 0.950 bits per heavy atom. The third-order valence-electron chi connectivity index (χ3n) is 3.77. The molecule has 0 radical (unpaired) electrons. The van der Waals surface area contributed by atoms with E-state index in [0.717, 1.165) is 23.5 Å². The molecule has 0 N–H and O–H groups in total. The number of pyridine rings is 1. The van der Waals surface area contributed by atoms with Crippen molar-refractivity contribution in [1.82, 2.24) is 4.40 Å². The summed E-state index contributed by atoms with van der Waals surface area (Å²) in [7, 11) is 0. The van der Waals surface area contributed by atoms with Gasteiger partial charge in [0.1, 0.15) is 0 Å². The average Bonchev–Trinajstić information content (AvgIpc) is 3.11. The van der Waals surface area contributed by atoms with E-state index in [-0.39, 0.29) is 0 Å². The minimum Gasteiger partial charge on any atom is -0.454 e. The highest BCUT2D eigenvalue weighted by atomic mass is 16.7. The summed E-state index contributed by atoms with van der Waals surface area (Å²) < 4.78 is 13.0. The molecule has 0 atom stereocenters. The second kappa shape index (κ2) is 4.30. The van der Waals surface area contributed by atoms with Crippen molar-refractivity contribution in [2.75, 3.05) is 6.79 Å². The van der Waals surface area contributed by atoms with Gasteiger partial charge in [0.2, 0.25) is 6.79 Å². The number of fused-ring (bicyclic) bond motifs is 2. The first kappa shape index (κ1) is 11.4. The van der Waals surface area contributed by atoms with Crippen LogP contribution in [0.5, 0.6) is 11.5 Å². The van der Waals surface area contributed by atoms with E-state index >= 15 is 0 Å². The van der Waals surface area contributed by atoms with Crippen molar-refractivity contribution < 1.29 is 9.47 Å². The first-order valence-electron chi connectivity index (χ1n) is 6.84. The van der Waals surface area contributed by atoms with Crippen molar-refractivity contribution in [2.45, 2.75) is 13.3 Å². The molecule has 0 saturated carbocycles. The van der Waals surface area contributed by atoms with Crippen LogP contribution in [0.25, 0.3) is 16.6 Å². The first-order valence-corrected chi connectivity index (χ1v) is 6.84. The van der Waals surface area contributed by atoms with Crippen molar-refractivity contribution in [3.8, 4) is 22.6 Å². The van der Waals surface area contributed by atoms with Gasteiger partial charge < -0.3 is 13.9 Å². The quantitative estimate of drug-likeness (QED) is 0.701. The second-order valence-electron chi connectivity index (χ2n) is 5.02. The predicted molar refractivity (Wildman–Crippen MR) is 78.3 cm³/mol. The van der Waals surface area contributed by atoms with Crippen LogP contribution in [0.4, 0.5) is 0 Å². The fourth-order valence-electron chi connectivity index (χ4n) is 2.60. The Morgan fingerprint density at radius 2 is 1.85 bits per heavy atom. The summed E-state index contributed by atoms with van der Waals surface area (Å²) in [5.41, 5.74) is 4.88. The monoisotopic (exact) mass is 265 g/mol. The number of aromatic nitrogens is 1. The van der Waals surface area contributed by atoms with Crippen molar-refractivity contribution in [2.24, 2.45) is 0 Å². The molecule has 3 aromatic rings. The number of benzene rings is 1. The zero-order valence-electron chi connectivity index (χ0n) is 11.3. The Bertz CT molecular complexity index is 789. The maximum Gasteiger partial charge on any atom is 0.231 e. The maximum atomic E-state index is 5.44. The summed E-state index contributed by atoms with van der Waals surface area (Å²) in [5.74, 6) is 1.65. The topological polar surface area (TPSA) is 22.9 Å². The van der Waals surface area contributed by atoms with Gasteiger partial charge in [-0.2, -0.15) is 0 Å². The smallest absolute Gasteiger partial charge is 0.231 e. The average molecular weight is 265 g/mol. The lowest BCUT2D eigenvalue weighted by atomic mass is 10.1. The lowest BCUT2D eigenvalue weighted by Gasteiger charge is -2.00. The number of nitrogens with zero attached hydrogens (tertiary/aromatic N) is 1. The van der Waals surface area contributed by atoms with E-state index in [2.05, 4.69) is 48.0 Å². The van der Waals surface area contributed by atoms with E-state index in [1.54, 1.807) is 0 Å². The van der Waals surface area contributed by atoms with E-state index in [0.29, 0.717) is 6.79 Å². The summed E-state index contributed by atoms with van der Waals surface area (Å²) >= 11 is 0. The number of hydrogen-bond acceptors (Lipinski definition) is 2. The molecule has 1 aromatic carbocycles. The van der Waals surface area contributed by atoms with Gasteiger partial charge in [-0.25, -0.2) is 0 Å². The van der Waals surface area contributed by atoms with E-state index < -0.39 is 0 Å². The number of aryl methyl sites for hydroxylation is 1. The maximum absolute atomic E-state index is 5.44. The zero-order valence-corrected chi connectivity index (χ0v) is 11.3. The molecule has 4 rings (SSSR count). The van der Waals surface area contributed by atoms with Crippen LogP contribution in [0.1, 0.15) is 12.5 Å². The van der Waals surface area contributed by atoms with Crippen LogP contribution in [0.2, 0.25) is 0 Å². The largest absolute Gasteiger partial charge is 0.454 e. The molecule has 0 spiro atoms. The van der Waals surface area contributed by atoms with Gasteiger partial charge in [0.15, 0.2) is 11.5 Å². The fraction of sp³-hybridized carbons (Fsp3) is 0.176. The summed E-state index contributed by atoms with van der Waals surface area (Å²) in [6.45, 7) is 2.49. The molecule has 3 heteroatoms. The zero-order chi connectivity index (χ0) is 13.5. The molecule has 100 valence electrons. The summed E-state index contributed by atoms with van der Waals surface area (Å²) in [6, 6.07) is 12.6. The Morgan fingerprint density at radius 3 is 2.75 bits per heavy atom. The van der Waals surface area contributed by atoms with Crippen LogP contribution in [0.15, 0.2) is 48.8 Å². The van der Waals surface area contributed by atoms with Crippen molar-refractivity contribution in [3.63, 3.8) is 0 Å². The van der Waals surface area contributed by atoms with E-state index in [9.17, 15) is 0 Å². The molecular formula is C17H15NO2. The summed E-state index contributed by atoms with van der Waals surface area (Å²) in [4.78, 5) is 0. The Labute approximate surface area is 117 Å². The highest BCUT2D eigenvalue weighted by Gasteiger charge is 2.14. The second-order valence-corrected chi connectivity index (χ2v) is 5.02. The number of hydrogen-bond donors (Lipinski definition) is 0. The van der Waals surface area contributed by atoms with E-state index in [4.69, 9.17) is 9.47 Å².